The Kier molecular flexibility index (Phi) is 10.2. The smallest absolute Gasteiger partial charge is 0.303 e. The highest BCUT2D eigenvalue weighted by molar-refractivity contribution is 5.80. The number of carbonyl (C=O) groups is 2. The zero-order chi connectivity index (χ0) is 27.6. The third-order valence-corrected chi connectivity index (χ3v) is 6.73. The Morgan fingerprint density at radius 2 is 1.54 bits per heavy atom. The predicted molar refractivity (Wildman–Crippen MR) is 146 cm³/mol. The average Bonchev–Trinajstić information content (AvgIpc) is 2.95. The summed E-state index contributed by atoms with van der Waals surface area (Å²) in [5, 5.41) is 20.9. The molecule has 0 aliphatic carbocycles. The molecule has 3 aromatic carbocycles. The fraction of sp³-hybridized carbons (Fsp3) is 0.355. The first-order chi connectivity index (χ1) is 18.9. The minimum Gasteiger partial charge on any atom is -0.481 e. The number of aliphatic carboxylic acids is 1. The van der Waals surface area contributed by atoms with E-state index >= 15 is 0 Å². The molecule has 4 rings (SSSR count). The number of carbonyl (C=O) groups excluding carboxylic acids is 1. The highest BCUT2D eigenvalue weighted by Crippen LogP contribution is 2.38. The van der Waals surface area contributed by atoms with Crippen LogP contribution in [0.3, 0.4) is 0 Å². The van der Waals surface area contributed by atoms with E-state index in [1.807, 2.05) is 66.7 Å². The highest BCUT2D eigenvalue weighted by Gasteiger charge is 2.32. The molecule has 1 aliphatic rings. The molecule has 1 fully saturated rings. The number of hydrogen-bond donors (Lipinski definition) is 3. The van der Waals surface area contributed by atoms with E-state index in [1.54, 1.807) is 0 Å². The van der Waals surface area contributed by atoms with Crippen molar-refractivity contribution in [2.24, 2.45) is 0 Å². The Labute approximate surface area is 229 Å². The van der Waals surface area contributed by atoms with Gasteiger partial charge in [-0.3, -0.25) is 14.5 Å². The number of carboxylic acid groups (broad SMARTS) is 1. The van der Waals surface area contributed by atoms with E-state index in [0.29, 0.717) is 13.0 Å². The van der Waals surface area contributed by atoms with E-state index < -0.39 is 12.3 Å². The summed E-state index contributed by atoms with van der Waals surface area (Å²) in [5.74, 6) is -1.29. The molecule has 206 valence electrons. The number of ether oxygens (including phenoxy) is 2. The molecule has 1 saturated heterocycles. The Morgan fingerprint density at radius 3 is 2.21 bits per heavy atom. The molecule has 8 heteroatoms. The van der Waals surface area contributed by atoms with Crippen LogP contribution in [0, 0.1) is 0 Å². The first kappa shape index (κ1) is 28.4. The first-order valence-corrected chi connectivity index (χ1v) is 13.2. The fourth-order valence-electron chi connectivity index (χ4n) is 4.64. The van der Waals surface area contributed by atoms with Crippen molar-refractivity contribution in [3.63, 3.8) is 0 Å². The van der Waals surface area contributed by atoms with Gasteiger partial charge in [-0.05, 0) is 29.3 Å². The molecular weight excluding hydrogens is 496 g/mol. The van der Waals surface area contributed by atoms with E-state index in [1.165, 1.54) is 5.56 Å². The number of rotatable bonds is 12. The van der Waals surface area contributed by atoms with Crippen molar-refractivity contribution in [3.05, 3.63) is 107 Å². The lowest BCUT2D eigenvalue weighted by atomic mass is 9.99. The fourth-order valence-corrected chi connectivity index (χ4v) is 4.64. The number of carboxylic acids is 1. The Hall–Kier alpha value is -3.56. The van der Waals surface area contributed by atoms with Crippen molar-refractivity contribution in [1.82, 2.24) is 10.2 Å². The molecule has 0 saturated carbocycles. The number of hydrogen-bond acceptors (Lipinski definition) is 6. The topological polar surface area (TPSA) is 108 Å². The second kappa shape index (κ2) is 14.0. The molecule has 8 nitrogen and oxygen atoms in total. The van der Waals surface area contributed by atoms with Crippen molar-refractivity contribution < 1.29 is 29.3 Å². The van der Waals surface area contributed by atoms with Crippen LogP contribution in [0.1, 0.15) is 59.5 Å². The van der Waals surface area contributed by atoms with Crippen molar-refractivity contribution in [3.8, 4) is 0 Å². The van der Waals surface area contributed by atoms with Crippen molar-refractivity contribution in [2.45, 2.75) is 57.5 Å². The van der Waals surface area contributed by atoms with Gasteiger partial charge in [0.2, 0.25) is 5.91 Å². The van der Waals surface area contributed by atoms with Crippen molar-refractivity contribution >= 4 is 11.9 Å². The summed E-state index contributed by atoms with van der Waals surface area (Å²) in [6, 6.07) is 25.9. The number of nitrogens with one attached hydrogen (secondary N) is 1. The molecule has 0 radical (unpaired) electrons. The standard InChI is InChI=1S/C31H36N2O6/c1-33(19-23-5-3-2-4-6-23)20-27-17-28(25-11-9-24(21-34)10-12-25)39-31(38-27)26-13-7-22(8-14-26)18-32-29(35)15-16-30(36)37/h2-14,27-28,31,34H,15-21H2,1H3,(H,32,35)(H,36,37). The van der Waals surface area contributed by atoms with E-state index in [9.17, 15) is 14.7 Å². The Balaban J connectivity index is 1.43. The maximum absolute atomic E-state index is 11.9. The summed E-state index contributed by atoms with van der Waals surface area (Å²) < 4.78 is 12.9. The van der Waals surface area contributed by atoms with Crippen LogP contribution in [-0.4, -0.2) is 46.7 Å². The Morgan fingerprint density at radius 1 is 0.872 bits per heavy atom. The van der Waals surface area contributed by atoms with Gasteiger partial charge in [0, 0.05) is 38.0 Å². The molecule has 0 aromatic heterocycles. The van der Waals surface area contributed by atoms with Crippen LogP contribution in [0.15, 0.2) is 78.9 Å². The van der Waals surface area contributed by atoms with Gasteiger partial charge in [0.25, 0.3) is 0 Å². The first-order valence-electron chi connectivity index (χ1n) is 13.2. The van der Waals surface area contributed by atoms with Gasteiger partial charge in [-0.1, -0.05) is 78.9 Å². The summed E-state index contributed by atoms with van der Waals surface area (Å²) in [6.07, 6.45) is -0.317. The van der Waals surface area contributed by atoms with Gasteiger partial charge in [0.1, 0.15) is 0 Å². The van der Waals surface area contributed by atoms with E-state index in [4.69, 9.17) is 14.6 Å². The van der Waals surface area contributed by atoms with Crippen molar-refractivity contribution in [1.29, 1.82) is 0 Å². The van der Waals surface area contributed by atoms with Gasteiger partial charge in [0.05, 0.1) is 25.2 Å². The number of benzene rings is 3. The number of nitrogens with zero attached hydrogens (tertiary/aromatic N) is 1. The molecule has 3 atom stereocenters. The van der Waals surface area contributed by atoms with Crippen LogP contribution in [-0.2, 0) is 38.8 Å². The monoisotopic (exact) mass is 532 g/mol. The lowest BCUT2D eigenvalue weighted by molar-refractivity contribution is -0.252. The quantitative estimate of drug-likeness (QED) is 0.319. The molecule has 0 spiro atoms. The maximum Gasteiger partial charge on any atom is 0.303 e. The molecule has 3 N–H and O–H groups in total. The molecule has 3 unspecified atom stereocenters. The van der Waals surface area contributed by atoms with E-state index in [2.05, 4.69) is 29.4 Å². The SMILES string of the molecule is CN(Cc1ccccc1)CC1CC(c2ccc(CO)cc2)OC(c2ccc(CNC(=O)CCC(=O)O)cc2)O1. The number of aliphatic hydroxyl groups is 1. The largest absolute Gasteiger partial charge is 0.481 e. The van der Waals surface area contributed by atoms with Crippen LogP contribution in [0.5, 0.6) is 0 Å². The third-order valence-electron chi connectivity index (χ3n) is 6.73. The third kappa shape index (κ3) is 8.73. The van der Waals surface area contributed by atoms with Gasteiger partial charge < -0.3 is 25.0 Å². The van der Waals surface area contributed by atoms with Crippen LogP contribution in [0.25, 0.3) is 0 Å². The second-order valence-corrected chi connectivity index (χ2v) is 9.94. The normalized spacial score (nSPS) is 19.1. The van der Waals surface area contributed by atoms with E-state index in [0.717, 1.165) is 35.3 Å². The number of aliphatic hydroxyl groups excluding tert-OH is 1. The lowest BCUT2D eigenvalue weighted by Gasteiger charge is -2.38. The van der Waals surface area contributed by atoms with Crippen LogP contribution in [0.2, 0.25) is 0 Å². The average molecular weight is 533 g/mol. The Bertz CT molecular complexity index is 1200. The molecule has 39 heavy (non-hydrogen) atoms. The molecule has 3 aromatic rings. The lowest BCUT2D eigenvalue weighted by Crippen LogP contribution is -2.37. The second-order valence-electron chi connectivity index (χ2n) is 9.94. The predicted octanol–water partition coefficient (Wildman–Crippen LogP) is 4.34. The minimum atomic E-state index is -0.991. The van der Waals surface area contributed by atoms with Gasteiger partial charge in [-0.2, -0.15) is 0 Å². The van der Waals surface area contributed by atoms with Crippen LogP contribution in [0.4, 0.5) is 0 Å². The van der Waals surface area contributed by atoms with Gasteiger partial charge in [-0.25, -0.2) is 0 Å². The summed E-state index contributed by atoms with van der Waals surface area (Å²) in [5.41, 5.74) is 4.91. The zero-order valence-electron chi connectivity index (χ0n) is 22.2. The van der Waals surface area contributed by atoms with Crippen LogP contribution >= 0.6 is 0 Å². The molecule has 0 bridgehead atoms. The minimum absolute atomic E-state index is 0.00317. The van der Waals surface area contributed by atoms with Gasteiger partial charge in [-0.15, -0.1) is 0 Å². The summed E-state index contributed by atoms with van der Waals surface area (Å²) in [6.45, 7) is 1.87. The number of amides is 1. The van der Waals surface area contributed by atoms with Gasteiger partial charge >= 0.3 is 5.97 Å². The number of likely N-dealkylation sites (N-methyl/N-ethyl adjacent to an activating group) is 1. The van der Waals surface area contributed by atoms with E-state index in [-0.39, 0.29) is 37.6 Å². The van der Waals surface area contributed by atoms with Crippen LogP contribution < -0.4 is 5.32 Å². The molecular formula is C31H36N2O6. The van der Waals surface area contributed by atoms with Gasteiger partial charge in [0.15, 0.2) is 6.29 Å². The molecule has 1 amide bonds. The molecule has 1 aliphatic heterocycles. The summed E-state index contributed by atoms with van der Waals surface area (Å²) >= 11 is 0. The summed E-state index contributed by atoms with van der Waals surface area (Å²) in [7, 11) is 2.09. The maximum atomic E-state index is 11.9. The highest BCUT2D eigenvalue weighted by atomic mass is 16.7. The van der Waals surface area contributed by atoms with Crippen molar-refractivity contribution in [2.75, 3.05) is 13.6 Å². The molecule has 1 heterocycles. The zero-order valence-corrected chi connectivity index (χ0v) is 22.2. The summed E-state index contributed by atoms with van der Waals surface area (Å²) in [4.78, 5) is 24.8.